The van der Waals surface area contributed by atoms with Crippen molar-refractivity contribution in [2.24, 2.45) is 0 Å². The Morgan fingerprint density at radius 3 is 2.47 bits per heavy atom. The fourth-order valence-corrected chi connectivity index (χ4v) is 6.49. The molecule has 206 valence electrons. The van der Waals surface area contributed by atoms with Crippen LogP contribution < -0.4 is 10.1 Å². The van der Waals surface area contributed by atoms with Crippen LogP contribution in [0.4, 0.5) is 4.39 Å². The molecule has 0 unspecified atom stereocenters. The SMILES string of the molecule is C[C@@H](/C=C\S(C)(=O)=O)NC(=O)C1(F)CCN(S(=O)(=O)c2ccc(Cl)cc2-c2cccc(OC3CC3)c2)CC1. The number of hydrogen-bond donors (Lipinski definition) is 1. The van der Waals surface area contributed by atoms with Gasteiger partial charge in [0.15, 0.2) is 15.5 Å². The van der Waals surface area contributed by atoms with E-state index < -0.39 is 37.5 Å². The predicted octanol–water partition coefficient (Wildman–Crippen LogP) is 4.10. The molecule has 38 heavy (non-hydrogen) atoms. The van der Waals surface area contributed by atoms with Crippen LogP contribution in [0.1, 0.15) is 32.6 Å². The average Bonchev–Trinajstić information content (AvgIpc) is 3.66. The quantitative estimate of drug-likeness (QED) is 0.475. The maximum absolute atomic E-state index is 15.5. The number of ether oxygens (including phenoxy) is 1. The molecule has 1 heterocycles. The first-order valence-corrected chi connectivity index (χ1v) is 16.0. The van der Waals surface area contributed by atoms with Crippen LogP contribution >= 0.6 is 11.6 Å². The second-order valence-corrected chi connectivity index (χ2v) is 14.0. The Hall–Kier alpha value is -2.47. The first-order valence-electron chi connectivity index (χ1n) is 12.2. The second kappa shape index (κ2) is 11.0. The normalized spacial score (nSPS) is 19.3. The van der Waals surface area contributed by atoms with Gasteiger partial charge in [-0.2, -0.15) is 4.31 Å². The van der Waals surface area contributed by atoms with E-state index in [1.807, 2.05) is 6.07 Å². The van der Waals surface area contributed by atoms with Crippen molar-refractivity contribution in [1.82, 2.24) is 9.62 Å². The van der Waals surface area contributed by atoms with Crippen molar-refractivity contribution in [1.29, 1.82) is 0 Å². The smallest absolute Gasteiger partial charge is 0.258 e. The largest absolute Gasteiger partial charge is 0.490 e. The molecule has 1 saturated carbocycles. The van der Waals surface area contributed by atoms with Crippen LogP contribution in [-0.2, 0) is 24.7 Å². The van der Waals surface area contributed by atoms with E-state index in [9.17, 15) is 21.6 Å². The molecule has 0 radical (unpaired) electrons. The standard InChI is InChI=1S/C26H30ClFN2O6S2/c1-18(10-15-37(2,32)33)29-25(31)26(28)11-13-30(14-12-26)38(34,35)24-9-6-20(27)17-23(24)19-4-3-5-22(16-19)36-21-7-8-21/h3-6,9-10,15-18,21H,7-8,11-14H2,1-2H3,(H,29,31)/b15-10-/t18-/m0/s1. The minimum Gasteiger partial charge on any atom is -0.490 e. The molecule has 2 aliphatic rings. The number of carbonyl (C=O) groups is 1. The lowest BCUT2D eigenvalue weighted by Gasteiger charge is -2.35. The lowest BCUT2D eigenvalue weighted by atomic mass is 9.93. The summed E-state index contributed by atoms with van der Waals surface area (Å²) in [5.41, 5.74) is -1.26. The van der Waals surface area contributed by atoms with Gasteiger partial charge in [0, 0.05) is 54.2 Å². The van der Waals surface area contributed by atoms with Crippen molar-refractivity contribution in [2.45, 2.75) is 55.3 Å². The zero-order chi connectivity index (χ0) is 27.7. The van der Waals surface area contributed by atoms with Gasteiger partial charge in [-0.1, -0.05) is 29.8 Å². The first kappa shape index (κ1) is 28.5. The molecule has 2 aromatic rings. The molecule has 1 atom stereocenters. The van der Waals surface area contributed by atoms with E-state index in [0.717, 1.165) is 24.5 Å². The van der Waals surface area contributed by atoms with Crippen LogP contribution in [0.3, 0.4) is 0 Å². The predicted molar refractivity (Wildman–Crippen MR) is 144 cm³/mol. The molecule has 0 aromatic heterocycles. The summed E-state index contributed by atoms with van der Waals surface area (Å²) in [5.74, 6) is -0.264. The molecular weight excluding hydrogens is 555 g/mol. The van der Waals surface area contributed by atoms with Gasteiger partial charge in [-0.25, -0.2) is 21.2 Å². The third-order valence-electron chi connectivity index (χ3n) is 6.43. The summed E-state index contributed by atoms with van der Waals surface area (Å²) in [6.07, 6.45) is 3.74. The van der Waals surface area contributed by atoms with Gasteiger partial charge >= 0.3 is 0 Å². The second-order valence-electron chi connectivity index (χ2n) is 9.78. The number of nitrogens with zero attached hydrogens (tertiary/aromatic N) is 1. The zero-order valence-corrected chi connectivity index (χ0v) is 23.5. The number of hydrogen-bond acceptors (Lipinski definition) is 6. The Labute approximate surface area is 227 Å². The van der Waals surface area contributed by atoms with Crippen molar-refractivity contribution in [3.05, 3.63) is 59.0 Å². The molecule has 8 nitrogen and oxygen atoms in total. The lowest BCUT2D eigenvalue weighted by molar-refractivity contribution is -0.135. The summed E-state index contributed by atoms with van der Waals surface area (Å²) in [6.45, 7) is 1.12. The van der Waals surface area contributed by atoms with Gasteiger partial charge in [0.05, 0.1) is 11.0 Å². The minimum atomic E-state index is -4.05. The van der Waals surface area contributed by atoms with E-state index >= 15 is 4.39 Å². The van der Waals surface area contributed by atoms with Crippen molar-refractivity contribution in [3.63, 3.8) is 0 Å². The van der Waals surface area contributed by atoms with E-state index in [4.69, 9.17) is 16.3 Å². The van der Waals surface area contributed by atoms with E-state index in [1.165, 1.54) is 29.4 Å². The van der Waals surface area contributed by atoms with E-state index in [-0.39, 0.29) is 36.9 Å². The highest BCUT2D eigenvalue weighted by atomic mass is 35.5. The van der Waals surface area contributed by atoms with Gasteiger partial charge in [-0.3, -0.25) is 4.79 Å². The van der Waals surface area contributed by atoms with Crippen LogP contribution in [0, 0.1) is 0 Å². The molecule has 1 aliphatic heterocycles. The van der Waals surface area contributed by atoms with Crippen LogP contribution in [-0.4, -0.2) is 64.2 Å². The number of alkyl halides is 1. The minimum absolute atomic E-state index is 0.0285. The van der Waals surface area contributed by atoms with Crippen molar-refractivity contribution >= 4 is 37.4 Å². The molecule has 1 aliphatic carbocycles. The Bertz CT molecular complexity index is 1450. The van der Waals surface area contributed by atoms with E-state index in [0.29, 0.717) is 21.9 Å². The Kier molecular flexibility index (Phi) is 8.23. The number of benzene rings is 2. The summed E-state index contributed by atoms with van der Waals surface area (Å²) in [4.78, 5) is 12.6. The molecule has 1 N–H and O–H groups in total. The van der Waals surface area contributed by atoms with Crippen LogP contribution in [0.5, 0.6) is 5.75 Å². The van der Waals surface area contributed by atoms with Crippen LogP contribution in [0.15, 0.2) is 58.8 Å². The zero-order valence-electron chi connectivity index (χ0n) is 21.1. The highest BCUT2D eigenvalue weighted by Crippen LogP contribution is 2.37. The van der Waals surface area contributed by atoms with Gasteiger partial charge in [-0.05, 0) is 55.7 Å². The molecule has 2 fully saturated rings. The summed E-state index contributed by atoms with van der Waals surface area (Å²) >= 11 is 6.23. The van der Waals surface area contributed by atoms with Gasteiger partial charge in [0.2, 0.25) is 10.0 Å². The Morgan fingerprint density at radius 2 is 1.84 bits per heavy atom. The first-order chi connectivity index (χ1) is 17.8. The Morgan fingerprint density at radius 1 is 1.16 bits per heavy atom. The fourth-order valence-electron chi connectivity index (χ4n) is 4.16. The number of amides is 1. The van der Waals surface area contributed by atoms with Crippen LogP contribution in [0.25, 0.3) is 11.1 Å². The van der Waals surface area contributed by atoms with Gasteiger partial charge in [0.1, 0.15) is 5.75 Å². The van der Waals surface area contributed by atoms with E-state index in [2.05, 4.69) is 5.32 Å². The summed E-state index contributed by atoms with van der Waals surface area (Å²) in [5, 5.41) is 3.75. The third kappa shape index (κ3) is 6.93. The summed E-state index contributed by atoms with van der Waals surface area (Å²) in [6, 6.07) is 10.9. The number of rotatable bonds is 9. The number of halogens is 2. The van der Waals surface area contributed by atoms with Crippen molar-refractivity contribution in [2.75, 3.05) is 19.3 Å². The highest BCUT2D eigenvalue weighted by molar-refractivity contribution is 7.93. The molecule has 12 heteroatoms. The molecule has 0 bridgehead atoms. The highest BCUT2D eigenvalue weighted by Gasteiger charge is 2.45. The number of piperidine rings is 1. The fraction of sp³-hybridized carbons (Fsp3) is 0.423. The topological polar surface area (TPSA) is 110 Å². The van der Waals surface area contributed by atoms with Gasteiger partial charge < -0.3 is 10.1 Å². The molecule has 0 spiro atoms. The van der Waals surface area contributed by atoms with Crippen molar-refractivity contribution < 1.29 is 30.8 Å². The van der Waals surface area contributed by atoms with E-state index in [1.54, 1.807) is 24.3 Å². The maximum atomic E-state index is 15.5. The number of sulfonamides is 1. The van der Waals surface area contributed by atoms with Crippen molar-refractivity contribution in [3.8, 4) is 16.9 Å². The monoisotopic (exact) mass is 584 g/mol. The molecule has 4 rings (SSSR count). The van der Waals surface area contributed by atoms with Gasteiger partial charge in [-0.15, -0.1) is 0 Å². The molecule has 1 amide bonds. The summed E-state index contributed by atoms with van der Waals surface area (Å²) < 4.78 is 72.4. The third-order valence-corrected chi connectivity index (χ3v) is 9.27. The number of nitrogens with one attached hydrogen (secondary N) is 1. The lowest BCUT2D eigenvalue weighted by Crippen LogP contribution is -2.53. The van der Waals surface area contributed by atoms with Crippen LogP contribution in [0.2, 0.25) is 5.02 Å². The Balaban J connectivity index is 1.51. The summed E-state index contributed by atoms with van der Waals surface area (Å²) in [7, 11) is -7.44. The number of sulfone groups is 1. The number of carbonyl (C=O) groups excluding carboxylic acids is 1. The molecule has 1 saturated heterocycles. The molecule has 2 aromatic carbocycles. The maximum Gasteiger partial charge on any atom is 0.258 e. The average molecular weight is 585 g/mol. The van der Waals surface area contributed by atoms with Gasteiger partial charge in [0.25, 0.3) is 5.91 Å². The molecular formula is C26H30ClFN2O6S2.